The van der Waals surface area contributed by atoms with Crippen LogP contribution in [0.5, 0.6) is 0 Å². The van der Waals surface area contributed by atoms with Crippen molar-refractivity contribution in [2.75, 3.05) is 26.7 Å². The number of benzene rings is 2. The van der Waals surface area contributed by atoms with E-state index in [1.54, 1.807) is 0 Å². The third kappa shape index (κ3) is 5.33. The topological polar surface area (TPSA) is 35.6 Å². The molecule has 1 unspecified atom stereocenters. The molecule has 27 heavy (non-hydrogen) atoms. The third-order valence-electron chi connectivity index (χ3n) is 5.55. The van der Waals surface area contributed by atoms with Gasteiger partial charge in [0.05, 0.1) is 6.04 Å². The maximum absolute atomic E-state index is 13.1. The molecule has 4 nitrogen and oxygen atoms in total. The molecule has 1 saturated heterocycles. The van der Waals surface area contributed by atoms with Gasteiger partial charge in [-0.25, -0.2) is 4.79 Å². The number of nitrogens with zero attached hydrogens (tertiary/aromatic N) is 2. The highest BCUT2D eigenvalue weighted by Crippen LogP contribution is 2.27. The number of likely N-dealkylation sites (tertiary alicyclic amines) is 1. The quantitative estimate of drug-likeness (QED) is 0.837. The van der Waals surface area contributed by atoms with Crippen molar-refractivity contribution in [2.45, 2.75) is 38.3 Å². The van der Waals surface area contributed by atoms with E-state index in [0.717, 1.165) is 32.4 Å². The highest BCUT2D eigenvalue weighted by Gasteiger charge is 2.31. The summed E-state index contributed by atoms with van der Waals surface area (Å²) in [6, 6.07) is 21.1. The number of carbonyl (C=O) groups is 1. The predicted octanol–water partition coefficient (Wildman–Crippen LogP) is 4.10. The van der Waals surface area contributed by atoms with Crippen LogP contribution in [0.3, 0.4) is 0 Å². The van der Waals surface area contributed by atoms with Gasteiger partial charge in [-0.3, -0.25) is 0 Å². The van der Waals surface area contributed by atoms with Gasteiger partial charge in [-0.05, 0) is 57.5 Å². The van der Waals surface area contributed by atoms with E-state index in [1.807, 2.05) is 36.4 Å². The Morgan fingerprint density at radius 1 is 1.07 bits per heavy atom. The molecule has 144 valence electrons. The molecular formula is C23H31N3O. The lowest BCUT2D eigenvalue weighted by Gasteiger charge is -2.40. The van der Waals surface area contributed by atoms with Crippen molar-refractivity contribution < 1.29 is 4.79 Å². The second kappa shape index (κ2) is 9.56. The van der Waals surface area contributed by atoms with Gasteiger partial charge in [-0.1, -0.05) is 60.7 Å². The molecule has 2 amide bonds. The Kier molecular flexibility index (Phi) is 6.88. The number of nitrogens with one attached hydrogen (secondary N) is 1. The summed E-state index contributed by atoms with van der Waals surface area (Å²) in [6.45, 7) is 4.89. The lowest BCUT2D eigenvalue weighted by atomic mass is 9.99. The average Bonchev–Trinajstić information content (AvgIpc) is 2.71. The standard InChI is InChI=1S/C23H31N3O/c1-19(21-11-7-4-8-12-21)26(22-14-17-25(2)18-15-22)23(27)24-16-13-20-9-5-3-6-10-20/h3-12,19,22H,13-18H2,1-2H3,(H,24,27). The van der Waals surface area contributed by atoms with E-state index in [4.69, 9.17) is 0 Å². The van der Waals surface area contributed by atoms with Gasteiger partial charge in [0.15, 0.2) is 0 Å². The van der Waals surface area contributed by atoms with Crippen molar-refractivity contribution >= 4 is 6.03 Å². The molecule has 0 bridgehead atoms. The fraction of sp³-hybridized carbons (Fsp3) is 0.435. The summed E-state index contributed by atoms with van der Waals surface area (Å²) in [5.74, 6) is 0. The summed E-state index contributed by atoms with van der Waals surface area (Å²) in [5, 5.41) is 3.16. The molecule has 0 aromatic heterocycles. The van der Waals surface area contributed by atoms with E-state index in [-0.39, 0.29) is 18.1 Å². The summed E-state index contributed by atoms with van der Waals surface area (Å²) in [7, 11) is 2.15. The highest BCUT2D eigenvalue weighted by molar-refractivity contribution is 5.75. The minimum atomic E-state index is 0.0526. The van der Waals surface area contributed by atoms with Gasteiger partial charge >= 0.3 is 6.03 Å². The molecule has 1 atom stereocenters. The van der Waals surface area contributed by atoms with Gasteiger partial charge in [0, 0.05) is 12.6 Å². The second-order valence-electron chi connectivity index (χ2n) is 7.50. The fourth-order valence-corrected chi connectivity index (χ4v) is 3.87. The van der Waals surface area contributed by atoms with Gasteiger partial charge in [0.25, 0.3) is 0 Å². The first kappa shape index (κ1) is 19.4. The van der Waals surface area contributed by atoms with E-state index < -0.39 is 0 Å². The van der Waals surface area contributed by atoms with Gasteiger partial charge in [-0.15, -0.1) is 0 Å². The molecule has 2 aromatic rings. The second-order valence-corrected chi connectivity index (χ2v) is 7.50. The van der Waals surface area contributed by atoms with Crippen LogP contribution in [0.25, 0.3) is 0 Å². The molecule has 4 heteroatoms. The van der Waals surface area contributed by atoms with Crippen LogP contribution in [0.15, 0.2) is 60.7 Å². The molecule has 0 saturated carbocycles. The van der Waals surface area contributed by atoms with E-state index in [1.165, 1.54) is 11.1 Å². The fourth-order valence-electron chi connectivity index (χ4n) is 3.87. The van der Waals surface area contributed by atoms with E-state index in [2.05, 4.69) is 53.4 Å². The number of piperidine rings is 1. The van der Waals surface area contributed by atoms with Crippen LogP contribution in [0, 0.1) is 0 Å². The SMILES string of the molecule is CC(c1ccccc1)N(C(=O)NCCc1ccccc1)C1CCN(C)CC1. The normalized spacial score (nSPS) is 16.7. The molecule has 0 spiro atoms. The minimum absolute atomic E-state index is 0.0526. The van der Waals surface area contributed by atoms with Crippen molar-refractivity contribution in [1.82, 2.24) is 15.1 Å². The van der Waals surface area contributed by atoms with Crippen molar-refractivity contribution in [3.05, 3.63) is 71.8 Å². The number of rotatable bonds is 6. The van der Waals surface area contributed by atoms with Crippen LogP contribution in [-0.4, -0.2) is 48.6 Å². The summed E-state index contributed by atoms with van der Waals surface area (Å²) in [6.07, 6.45) is 2.91. The van der Waals surface area contributed by atoms with Crippen LogP contribution in [0.4, 0.5) is 4.79 Å². The molecule has 1 N–H and O–H groups in total. The Hall–Kier alpha value is -2.33. The summed E-state index contributed by atoms with van der Waals surface area (Å²) in [4.78, 5) is 17.5. The first-order valence-electron chi connectivity index (χ1n) is 9.98. The summed E-state index contributed by atoms with van der Waals surface area (Å²) >= 11 is 0. The monoisotopic (exact) mass is 365 g/mol. The van der Waals surface area contributed by atoms with Crippen molar-refractivity contribution in [3.8, 4) is 0 Å². The van der Waals surface area contributed by atoms with Crippen LogP contribution in [0.2, 0.25) is 0 Å². The Balaban J connectivity index is 1.67. The first-order chi connectivity index (χ1) is 13.1. The van der Waals surface area contributed by atoms with Crippen molar-refractivity contribution in [2.24, 2.45) is 0 Å². The lowest BCUT2D eigenvalue weighted by Crippen LogP contribution is -2.51. The zero-order valence-electron chi connectivity index (χ0n) is 16.5. The van der Waals surface area contributed by atoms with E-state index >= 15 is 0 Å². The van der Waals surface area contributed by atoms with Crippen molar-refractivity contribution in [3.63, 3.8) is 0 Å². The summed E-state index contributed by atoms with van der Waals surface area (Å²) < 4.78 is 0. The number of hydrogen-bond donors (Lipinski definition) is 1. The molecule has 0 radical (unpaired) electrons. The van der Waals surface area contributed by atoms with Gasteiger partial charge in [-0.2, -0.15) is 0 Å². The van der Waals surface area contributed by atoms with Gasteiger partial charge < -0.3 is 15.1 Å². The smallest absolute Gasteiger partial charge is 0.318 e. The largest absolute Gasteiger partial charge is 0.338 e. The number of carbonyl (C=O) groups excluding carboxylic acids is 1. The maximum atomic E-state index is 13.1. The Morgan fingerprint density at radius 3 is 2.30 bits per heavy atom. The van der Waals surface area contributed by atoms with Crippen molar-refractivity contribution in [1.29, 1.82) is 0 Å². The Bertz CT molecular complexity index is 696. The molecule has 1 aliphatic rings. The Morgan fingerprint density at radius 2 is 1.67 bits per heavy atom. The zero-order chi connectivity index (χ0) is 19.1. The van der Waals surface area contributed by atoms with E-state index in [0.29, 0.717) is 6.54 Å². The molecule has 1 aliphatic heterocycles. The Labute approximate surface area is 163 Å². The lowest BCUT2D eigenvalue weighted by molar-refractivity contribution is 0.108. The predicted molar refractivity (Wildman–Crippen MR) is 111 cm³/mol. The molecule has 3 rings (SSSR count). The van der Waals surface area contributed by atoms with Crippen LogP contribution in [0.1, 0.15) is 36.9 Å². The zero-order valence-corrected chi connectivity index (χ0v) is 16.5. The van der Waals surface area contributed by atoms with Crippen LogP contribution >= 0.6 is 0 Å². The number of hydrogen-bond acceptors (Lipinski definition) is 2. The van der Waals surface area contributed by atoms with Crippen LogP contribution < -0.4 is 5.32 Å². The van der Waals surface area contributed by atoms with Crippen LogP contribution in [-0.2, 0) is 6.42 Å². The van der Waals surface area contributed by atoms with Gasteiger partial charge in [0.1, 0.15) is 0 Å². The van der Waals surface area contributed by atoms with E-state index in [9.17, 15) is 4.79 Å². The van der Waals surface area contributed by atoms with Gasteiger partial charge in [0.2, 0.25) is 0 Å². The molecule has 2 aromatic carbocycles. The highest BCUT2D eigenvalue weighted by atomic mass is 16.2. The number of urea groups is 1. The maximum Gasteiger partial charge on any atom is 0.318 e. The first-order valence-corrected chi connectivity index (χ1v) is 9.98. The molecule has 1 fully saturated rings. The molecule has 0 aliphatic carbocycles. The third-order valence-corrected chi connectivity index (χ3v) is 5.55. The summed E-state index contributed by atoms with van der Waals surface area (Å²) in [5.41, 5.74) is 2.44. The molecule has 1 heterocycles. The number of amides is 2. The minimum Gasteiger partial charge on any atom is -0.338 e. The average molecular weight is 366 g/mol. The molecular weight excluding hydrogens is 334 g/mol.